The summed E-state index contributed by atoms with van der Waals surface area (Å²) < 4.78 is 2.14. The van der Waals surface area contributed by atoms with Crippen molar-refractivity contribution in [2.45, 2.75) is 19.3 Å². The van der Waals surface area contributed by atoms with Crippen LogP contribution < -0.4 is 0 Å². The van der Waals surface area contributed by atoms with Gasteiger partial charge >= 0.3 is 0 Å². The van der Waals surface area contributed by atoms with Gasteiger partial charge in [-0.15, -0.1) is 0 Å². The van der Waals surface area contributed by atoms with Crippen LogP contribution in [-0.4, -0.2) is 19.6 Å². The molecule has 1 aliphatic rings. The highest BCUT2D eigenvalue weighted by atomic mass is 15.2. The smallest absolute Gasteiger partial charge is 0.160 e. The Balaban J connectivity index is 1.06. The molecule has 0 radical (unpaired) electrons. The fourth-order valence-electron chi connectivity index (χ4n) is 8.90. The van der Waals surface area contributed by atoms with Crippen LogP contribution in [0.4, 0.5) is 0 Å². The van der Waals surface area contributed by atoms with Gasteiger partial charge in [0.25, 0.3) is 0 Å². The van der Waals surface area contributed by atoms with E-state index < -0.39 is 0 Å². The van der Waals surface area contributed by atoms with Crippen LogP contribution in [0, 0.1) is 0 Å². The first-order chi connectivity index (χ1) is 28.5. The Morgan fingerprint density at radius 1 is 0.431 bits per heavy atom. The van der Waals surface area contributed by atoms with Crippen LogP contribution in [-0.2, 0) is 5.41 Å². The number of fused-ring (bicyclic) bond motifs is 6. The number of pyridine rings is 1. The number of hydrogen-bond donors (Lipinski definition) is 0. The van der Waals surface area contributed by atoms with Crippen molar-refractivity contribution in [2.24, 2.45) is 0 Å². The molecule has 0 bridgehead atoms. The number of hydrogen-bond acceptors (Lipinski definition) is 3. The minimum atomic E-state index is -0.109. The van der Waals surface area contributed by atoms with Gasteiger partial charge in [0.1, 0.15) is 5.69 Å². The summed E-state index contributed by atoms with van der Waals surface area (Å²) in [5, 5.41) is 7.73. The summed E-state index contributed by atoms with van der Waals surface area (Å²) in [7, 11) is 0. The normalized spacial score (nSPS) is 12.8. The number of aromatic nitrogens is 4. The minimum Gasteiger partial charge on any atom is -0.231 e. The third-order valence-corrected chi connectivity index (χ3v) is 11.8. The average molecular weight is 743 g/mol. The molecule has 4 nitrogen and oxygen atoms in total. The van der Waals surface area contributed by atoms with Crippen LogP contribution in [0.3, 0.4) is 0 Å². The Bertz CT molecular complexity index is 3160. The van der Waals surface area contributed by atoms with E-state index in [9.17, 15) is 0 Å². The van der Waals surface area contributed by atoms with Crippen molar-refractivity contribution in [3.63, 3.8) is 0 Å². The number of benzene rings is 7. The second-order valence-corrected chi connectivity index (χ2v) is 15.7. The van der Waals surface area contributed by atoms with E-state index in [0.717, 1.165) is 72.6 Å². The highest BCUT2D eigenvalue weighted by Gasteiger charge is 2.35. The molecular weight excluding hydrogens is 705 g/mol. The Kier molecular flexibility index (Phi) is 7.80. The molecule has 7 aromatic carbocycles. The maximum atomic E-state index is 5.40. The molecule has 11 rings (SSSR count). The van der Waals surface area contributed by atoms with Gasteiger partial charge in [-0.3, -0.25) is 0 Å². The number of nitrogens with zero attached hydrogens (tertiary/aromatic N) is 4. The molecule has 0 fully saturated rings. The highest BCUT2D eigenvalue weighted by molar-refractivity contribution is 6.08. The van der Waals surface area contributed by atoms with Gasteiger partial charge in [0.05, 0.1) is 22.6 Å². The van der Waals surface area contributed by atoms with E-state index in [1.165, 1.54) is 27.6 Å². The Labute approximate surface area is 337 Å². The standard InChI is InChI=1S/C54H38N4/c1-54(2)45-25-15-14-24-43(45)44-31-30-41(32-46(44)54)48-34-47(55-53(56-48)39-20-10-5-11-21-39)35-26-28-36(29-27-35)49-33-40-22-12-13-23-42(40)52-50(37-16-6-3-7-17-37)51(57-58(49)52)38-18-8-4-9-19-38/h3-34H,1-2H3. The fourth-order valence-corrected chi connectivity index (χ4v) is 8.90. The zero-order valence-corrected chi connectivity index (χ0v) is 32.3. The first kappa shape index (κ1) is 33.9. The first-order valence-corrected chi connectivity index (χ1v) is 19.9. The van der Waals surface area contributed by atoms with Crippen LogP contribution in [0.15, 0.2) is 194 Å². The topological polar surface area (TPSA) is 43.1 Å². The molecule has 0 saturated carbocycles. The van der Waals surface area contributed by atoms with Crippen molar-refractivity contribution in [3.05, 3.63) is 205 Å². The summed E-state index contributed by atoms with van der Waals surface area (Å²) in [5.74, 6) is 0.704. The van der Waals surface area contributed by atoms with Crippen LogP contribution in [0.1, 0.15) is 25.0 Å². The van der Waals surface area contributed by atoms with Gasteiger partial charge in [-0.05, 0) is 51.4 Å². The molecule has 0 N–H and O–H groups in total. The molecule has 0 spiro atoms. The van der Waals surface area contributed by atoms with E-state index in [1.54, 1.807) is 0 Å². The third kappa shape index (κ3) is 5.48. The van der Waals surface area contributed by atoms with E-state index >= 15 is 0 Å². The van der Waals surface area contributed by atoms with Crippen molar-refractivity contribution in [1.82, 2.24) is 19.6 Å². The lowest BCUT2D eigenvalue weighted by atomic mass is 9.82. The maximum Gasteiger partial charge on any atom is 0.160 e. The van der Waals surface area contributed by atoms with Gasteiger partial charge in [0.2, 0.25) is 0 Å². The van der Waals surface area contributed by atoms with Crippen molar-refractivity contribution in [1.29, 1.82) is 0 Å². The van der Waals surface area contributed by atoms with E-state index in [2.05, 4.69) is 194 Å². The zero-order valence-electron chi connectivity index (χ0n) is 32.3. The van der Waals surface area contributed by atoms with Gasteiger partial charge in [-0.25, -0.2) is 14.5 Å². The van der Waals surface area contributed by atoms with Crippen LogP contribution in [0.2, 0.25) is 0 Å². The molecule has 3 heterocycles. The van der Waals surface area contributed by atoms with Crippen molar-refractivity contribution < 1.29 is 0 Å². The summed E-state index contributed by atoms with van der Waals surface area (Å²) in [5.41, 5.74) is 17.5. The summed E-state index contributed by atoms with van der Waals surface area (Å²) in [6, 6.07) is 68.8. The summed E-state index contributed by atoms with van der Waals surface area (Å²) >= 11 is 0. The lowest BCUT2D eigenvalue weighted by Crippen LogP contribution is -2.14. The molecule has 1 aliphatic carbocycles. The minimum absolute atomic E-state index is 0.109. The maximum absolute atomic E-state index is 5.40. The van der Waals surface area contributed by atoms with Gasteiger partial charge in [0, 0.05) is 44.2 Å². The second-order valence-electron chi connectivity index (χ2n) is 15.7. The number of rotatable bonds is 6. The molecule has 4 heteroatoms. The molecule has 0 unspecified atom stereocenters. The monoisotopic (exact) mass is 742 g/mol. The van der Waals surface area contributed by atoms with Gasteiger partial charge in [0.15, 0.2) is 5.82 Å². The van der Waals surface area contributed by atoms with E-state index in [0.29, 0.717) is 5.82 Å². The first-order valence-electron chi connectivity index (χ1n) is 19.9. The molecule has 0 aliphatic heterocycles. The Morgan fingerprint density at radius 2 is 1.00 bits per heavy atom. The van der Waals surface area contributed by atoms with Gasteiger partial charge in [-0.1, -0.05) is 190 Å². The van der Waals surface area contributed by atoms with Crippen molar-refractivity contribution in [2.75, 3.05) is 0 Å². The van der Waals surface area contributed by atoms with E-state index in [4.69, 9.17) is 15.1 Å². The highest BCUT2D eigenvalue weighted by Crippen LogP contribution is 2.49. The van der Waals surface area contributed by atoms with Crippen LogP contribution >= 0.6 is 0 Å². The molecule has 10 aromatic rings. The van der Waals surface area contributed by atoms with Crippen LogP contribution in [0.5, 0.6) is 0 Å². The molecule has 58 heavy (non-hydrogen) atoms. The molecule has 274 valence electrons. The Hall–Kier alpha value is -7.43. The SMILES string of the molecule is CC1(C)c2ccccc2-c2ccc(-c3cc(-c4ccc(-c5cc6ccccc6c6c(-c7ccccc7)c(-c7ccccc7)nn56)cc4)nc(-c4ccccc4)n3)cc21. The average Bonchev–Trinajstić information content (AvgIpc) is 3.80. The van der Waals surface area contributed by atoms with E-state index in [1.807, 2.05) is 18.2 Å². The predicted octanol–water partition coefficient (Wildman–Crippen LogP) is 13.6. The van der Waals surface area contributed by atoms with Crippen molar-refractivity contribution >= 4 is 16.3 Å². The van der Waals surface area contributed by atoms with E-state index in [-0.39, 0.29) is 5.41 Å². The predicted molar refractivity (Wildman–Crippen MR) is 238 cm³/mol. The summed E-state index contributed by atoms with van der Waals surface area (Å²) in [4.78, 5) is 10.4. The van der Waals surface area contributed by atoms with Gasteiger partial charge < -0.3 is 0 Å². The quantitative estimate of drug-likeness (QED) is 0.170. The summed E-state index contributed by atoms with van der Waals surface area (Å²) in [6.07, 6.45) is 0. The van der Waals surface area contributed by atoms with Crippen molar-refractivity contribution in [3.8, 4) is 78.7 Å². The molecule has 0 saturated heterocycles. The van der Waals surface area contributed by atoms with Gasteiger partial charge in [-0.2, -0.15) is 5.10 Å². The molecule has 0 atom stereocenters. The summed E-state index contributed by atoms with van der Waals surface area (Å²) in [6.45, 7) is 4.64. The Morgan fingerprint density at radius 3 is 1.74 bits per heavy atom. The largest absolute Gasteiger partial charge is 0.231 e. The zero-order chi connectivity index (χ0) is 38.8. The molecule has 0 amide bonds. The lowest BCUT2D eigenvalue weighted by molar-refractivity contribution is 0.660. The molecular formula is C54H38N4. The third-order valence-electron chi connectivity index (χ3n) is 11.8. The second kappa shape index (κ2) is 13.4. The fraction of sp³-hybridized carbons (Fsp3) is 0.0556. The molecule has 3 aromatic heterocycles. The van der Waals surface area contributed by atoms with Crippen LogP contribution in [0.25, 0.3) is 95.0 Å². The lowest BCUT2D eigenvalue weighted by Gasteiger charge is -2.22.